The summed E-state index contributed by atoms with van der Waals surface area (Å²) >= 11 is 0. The monoisotopic (exact) mass is 399 g/mol. The highest BCUT2D eigenvalue weighted by Crippen LogP contribution is 2.37. The average Bonchev–Trinajstić information content (AvgIpc) is 2.61. The predicted octanol–water partition coefficient (Wildman–Crippen LogP) is 2.37. The van der Waals surface area contributed by atoms with Crippen LogP contribution in [0.1, 0.15) is 91.4 Å². The van der Waals surface area contributed by atoms with Crippen molar-refractivity contribution >= 4 is 17.7 Å². The molecule has 0 radical (unpaired) electrons. The molecule has 164 valence electrons. The normalized spacial score (nSPS) is 16.7. The maximum atomic E-state index is 12.2. The van der Waals surface area contributed by atoms with Crippen molar-refractivity contribution in [3.05, 3.63) is 0 Å². The zero-order chi connectivity index (χ0) is 21.7. The van der Waals surface area contributed by atoms with Crippen LogP contribution in [0.15, 0.2) is 0 Å². The number of rotatable bonds is 17. The lowest BCUT2D eigenvalue weighted by Gasteiger charge is -2.39. The van der Waals surface area contributed by atoms with Gasteiger partial charge in [0, 0.05) is 11.8 Å². The Morgan fingerprint density at radius 3 is 1.36 bits per heavy atom. The molecule has 0 aromatic rings. The van der Waals surface area contributed by atoms with Gasteiger partial charge in [-0.25, -0.2) is 0 Å². The Hall–Kier alpha value is -1.63. The van der Waals surface area contributed by atoms with E-state index in [1.165, 1.54) is 0 Å². The number of hydrogen-bond acceptors (Lipinski definition) is 4. The van der Waals surface area contributed by atoms with Crippen molar-refractivity contribution < 1.29 is 19.5 Å². The van der Waals surface area contributed by atoms with Gasteiger partial charge in [-0.1, -0.05) is 59.3 Å². The molecule has 3 atom stereocenters. The molecule has 0 aromatic heterocycles. The van der Waals surface area contributed by atoms with E-state index >= 15 is 0 Å². The van der Waals surface area contributed by atoms with E-state index in [1.54, 1.807) is 0 Å². The summed E-state index contributed by atoms with van der Waals surface area (Å²) in [5, 5.41) is 11.6. The van der Waals surface area contributed by atoms with Crippen LogP contribution in [0.5, 0.6) is 0 Å². The molecule has 0 aromatic carbocycles. The lowest BCUT2D eigenvalue weighted by Crippen LogP contribution is -2.50. The highest BCUT2D eigenvalue weighted by Gasteiger charge is 2.44. The van der Waals surface area contributed by atoms with Crippen LogP contribution in [-0.2, 0) is 14.4 Å². The molecule has 0 fully saturated rings. The number of unbranched alkanes of at least 4 members (excludes halogenated alkanes) is 3. The Bertz CT molecular complexity index is 468. The lowest BCUT2D eigenvalue weighted by molar-refractivity contribution is -0.142. The van der Waals surface area contributed by atoms with Crippen LogP contribution in [0.3, 0.4) is 0 Å². The van der Waals surface area contributed by atoms with E-state index in [1.807, 2.05) is 20.8 Å². The fourth-order valence-electron chi connectivity index (χ4n) is 3.90. The molecule has 0 heterocycles. The Kier molecular flexibility index (Phi) is 12.7. The van der Waals surface area contributed by atoms with Gasteiger partial charge in [-0.2, -0.15) is 0 Å². The van der Waals surface area contributed by atoms with Crippen LogP contribution in [-0.4, -0.2) is 28.4 Å². The largest absolute Gasteiger partial charge is 0.389 e. The first-order chi connectivity index (χ1) is 13.1. The van der Waals surface area contributed by atoms with Crippen molar-refractivity contribution in [3.63, 3.8) is 0 Å². The average molecular weight is 400 g/mol. The first-order valence-corrected chi connectivity index (χ1v) is 10.7. The highest BCUT2D eigenvalue weighted by atomic mass is 16.3. The van der Waals surface area contributed by atoms with E-state index in [4.69, 9.17) is 17.2 Å². The summed E-state index contributed by atoms with van der Waals surface area (Å²) in [6.07, 6.45) is 6.41. The second-order valence-electron chi connectivity index (χ2n) is 8.09. The number of aliphatic hydroxyl groups is 1. The number of hydrogen-bond donors (Lipinski definition) is 4. The summed E-state index contributed by atoms with van der Waals surface area (Å²) in [6.45, 7) is 6.00. The van der Waals surface area contributed by atoms with Gasteiger partial charge in [-0.05, 0) is 32.1 Å². The van der Waals surface area contributed by atoms with Crippen LogP contribution < -0.4 is 17.2 Å². The second kappa shape index (κ2) is 13.5. The van der Waals surface area contributed by atoms with E-state index in [0.29, 0.717) is 25.7 Å². The third-order valence-electron chi connectivity index (χ3n) is 5.66. The summed E-state index contributed by atoms with van der Waals surface area (Å²) in [5.41, 5.74) is 15.2. The third kappa shape index (κ3) is 9.04. The summed E-state index contributed by atoms with van der Waals surface area (Å²) in [5.74, 6) is -3.63. The fourth-order valence-corrected chi connectivity index (χ4v) is 3.90. The van der Waals surface area contributed by atoms with Gasteiger partial charge in [0.15, 0.2) is 0 Å². The Morgan fingerprint density at radius 2 is 1.07 bits per heavy atom. The minimum absolute atomic E-state index is 0.0234. The molecule has 0 spiro atoms. The van der Waals surface area contributed by atoms with Crippen molar-refractivity contribution in [2.24, 2.45) is 35.0 Å². The molecule has 0 saturated carbocycles. The van der Waals surface area contributed by atoms with Gasteiger partial charge in [0.05, 0.1) is 11.5 Å². The molecule has 0 aliphatic carbocycles. The first-order valence-electron chi connectivity index (χ1n) is 10.7. The number of carbonyl (C=O) groups excluding carboxylic acids is 3. The van der Waals surface area contributed by atoms with E-state index < -0.39 is 41.1 Å². The highest BCUT2D eigenvalue weighted by molar-refractivity contribution is 5.80. The standard InChI is InChI=1S/C21H41N3O4/c1-4-7-10-15(18(22)25)13-21(28,17(20(24)27)12-9-6-3)14-16(19(23)26)11-8-5-2/h15-17,28H,4-14H2,1-3H3,(H2,22,25)(H2,23,26)(H2,24,27). The Morgan fingerprint density at radius 1 is 0.714 bits per heavy atom. The zero-order valence-electron chi connectivity index (χ0n) is 17.9. The summed E-state index contributed by atoms with van der Waals surface area (Å²) < 4.78 is 0. The maximum absolute atomic E-state index is 12.2. The summed E-state index contributed by atoms with van der Waals surface area (Å²) in [6, 6.07) is 0. The van der Waals surface area contributed by atoms with E-state index in [-0.39, 0.29) is 12.8 Å². The third-order valence-corrected chi connectivity index (χ3v) is 5.66. The van der Waals surface area contributed by atoms with Crippen LogP contribution in [0.25, 0.3) is 0 Å². The maximum Gasteiger partial charge on any atom is 0.223 e. The van der Waals surface area contributed by atoms with Crippen molar-refractivity contribution in [3.8, 4) is 0 Å². The van der Waals surface area contributed by atoms with Gasteiger partial charge in [0.1, 0.15) is 0 Å². The quantitative estimate of drug-likeness (QED) is 0.297. The van der Waals surface area contributed by atoms with E-state index in [0.717, 1.165) is 32.1 Å². The predicted molar refractivity (Wildman–Crippen MR) is 111 cm³/mol. The van der Waals surface area contributed by atoms with Crippen LogP contribution in [0.4, 0.5) is 0 Å². The van der Waals surface area contributed by atoms with Gasteiger partial charge in [-0.15, -0.1) is 0 Å². The molecule has 7 nitrogen and oxygen atoms in total. The van der Waals surface area contributed by atoms with Crippen LogP contribution >= 0.6 is 0 Å². The van der Waals surface area contributed by atoms with Crippen molar-refractivity contribution in [2.45, 2.75) is 97.0 Å². The molecule has 28 heavy (non-hydrogen) atoms. The Balaban J connectivity index is 5.83. The second-order valence-corrected chi connectivity index (χ2v) is 8.09. The molecular weight excluding hydrogens is 358 g/mol. The van der Waals surface area contributed by atoms with Crippen molar-refractivity contribution in [1.82, 2.24) is 0 Å². The van der Waals surface area contributed by atoms with Crippen LogP contribution in [0.2, 0.25) is 0 Å². The molecule has 0 aliphatic rings. The minimum Gasteiger partial charge on any atom is -0.389 e. The molecule has 3 amide bonds. The minimum atomic E-state index is -1.58. The summed E-state index contributed by atoms with van der Waals surface area (Å²) in [4.78, 5) is 36.2. The lowest BCUT2D eigenvalue weighted by atomic mass is 9.71. The van der Waals surface area contributed by atoms with E-state index in [9.17, 15) is 19.5 Å². The molecule has 7 N–H and O–H groups in total. The molecule has 0 rings (SSSR count). The molecule has 0 saturated heterocycles. The van der Waals surface area contributed by atoms with Gasteiger partial charge in [0.25, 0.3) is 0 Å². The van der Waals surface area contributed by atoms with Crippen LogP contribution in [0, 0.1) is 17.8 Å². The van der Waals surface area contributed by atoms with Crippen molar-refractivity contribution in [2.75, 3.05) is 0 Å². The number of primary amides is 3. The SMILES string of the molecule is CCCCC(CC(O)(CC(CCCC)C(N)=O)C(CCCC)C(N)=O)C(N)=O. The molecule has 7 heteroatoms. The molecule has 3 unspecified atom stereocenters. The fraction of sp³-hybridized carbons (Fsp3) is 0.857. The molecular formula is C21H41N3O4. The topological polar surface area (TPSA) is 150 Å². The number of carbonyl (C=O) groups is 3. The number of amides is 3. The van der Waals surface area contributed by atoms with Gasteiger partial charge in [0.2, 0.25) is 17.7 Å². The zero-order valence-corrected chi connectivity index (χ0v) is 17.9. The molecule has 0 aliphatic heterocycles. The Labute approximate surface area is 169 Å². The first kappa shape index (κ1) is 26.4. The smallest absolute Gasteiger partial charge is 0.223 e. The van der Waals surface area contributed by atoms with Gasteiger partial charge < -0.3 is 22.3 Å². The van der Waals surface area contributed by atoms with Gasteiger partial charge in [-0.3, -0.25) is 14.4 Å². The molecule has 0 bridgehead atoms. The van der Waals surface area contributed by atoms with Gasteiger partial charge >= 0.3 is 0 Å². The van der Waals surface area contributed by atoms with E-state index in [2.05, 4.69) is 0 Å². The van der Waals surface area contributed by atoms with Crippen molar-refractivity contribution in [1.29, 1.82) is 0 Å². The summed E-state index contributed by atoms with van der Waals surface area (Å²) in [7, 11) is 0. The number of nitrogens with two attached hydrogens (primary N) is 3.